The van der Waals surface area contributed by atoms with E-state index in [4.69, 9.17) is 4.42 Å². The highest BCUT2D eigenvalue weighted by Gasteiger charge is 2.21. The summed E-state index contributed by atoms with van der Waals surface area (Å²) in [6, 6.07) is 29.3. The molecule has 1 aromatic heterocycles. The molecule has 0 atom stereocenters. The minimum atomic E-state index is -3.75. The summed E-state index contributed by atoms with van der Waals surface area (Å²) in [7, 11) is -2.25. The molecule has 174 valence electrons. The predicted molar refractivity (Wildman–Crippen MR) is 136 cm³/mol. The third-order valence-corrected chi connectivity index (χ3v) is 7.38. The molecule has 0 aliphatic carbocycles. The van der Waals surface area contributed by atoms with Gasteiger partial charge in [-0.3, -0.25) is 9.10 Å². The Morgan fingerprint density at radius 2 is 1.49 bits per heavy atom. The van der Waals surface area contributed by atoms with E-state index >= 15 is 0 Å². The zero-order chi connectivity index (χ0) is 24.4. The maximum Gasteiger partial charge on any atom is 0.264 e. The van der Waals surface area contributed by atoms with Gasteiger partial charge < -0.3 is 9.73 Å². The first-order chi connectivity index (χ1) is 16.9. The number of sulfonamides is 1. The number of amides is 1. The number of para-hydroxylation sites is 3. The second-order valence-corrected chi connectivity index (χ2v) is 9.82. The van der Waals surface area contributed by atoms with Crippen LogP contribution in [0.4, 0.5) is 11.4 Å². The molecule has 35 heavy (non-hydrogen) atoms. The molecule has 0 bridgehead atoms. The Labute approximate surface area is 202 Å². The maximum absolute atomic E-state index is 12.9. The number of hydrogen-bond acceptors (Lipinski definition) is 5. The smallest absolute Gasteiger partial charge is 0.264 e. The molecule has 0 aliphatic rings. The normalized spacial score (nSPS) is 11.3. The summed E-state index contributed by atoms with van der Waals surface area (Å²) in [4.78, 5) is 17.3. The Kier molecular flexibility index (Phi) is 5.80. The van der Waals surface area contributed by atoms with E-state index in [0.717, 1.165) is 11.1 Å². The Bertz CT molecular complexity index is 1560. The van der Waals surface area contributed by atoms with Gasteiger partial charge in [-0.2, -0.15) is 0 Å². The minimum absolute atomic E-state index is 0.100. The molecular weight excluding hydrogens is 462 g/mol. The van der Waals surface area contributed by atoms with Crippen molar-refractivity contribution in [1.82, 2.24) is 4.98 Å². The predicted octanol–water partition coefficient (Wildman–Crippen LogP) is 5.57. The molecule has 4 aromatic carbocycles. The van der Waals surface area contributed by atoms with Crippen molar-refractivity contribution in [3.8, 4) is 11.5 Å². The van der Waals surface area contributed by atoms with E-state index in [2.05, 4.69) is 10.3 Å². The molecule has 1 amide bonds. The zero-order valence-electron chi connectivity index (χ0n) is 18.8. The molecule has 0 saturated carbocycles. The summed E-state index contributed by atoms with van der Waals surface area (Å²) in [5.74, 6) is 0.154. The fraction of sp³-hybridized carbons (Fsp3) is 0.0370. The van der Waals surface area contributed by atoms with Crippen molar-refractivity contribution in [3.05, 3.63) is 109 Å². The quantitative estimate of drug-likeness (QED) is 0.341. The molecule has 7 nitrogen and oxygen atoms in total. The van der Waals surface area contributed by atoms with E-state index in [0.29, 0.717) is 28.4 Å². The van der Waals surface area contributed by atoms with Crippen LogP contribution in [0.2, 0.25) is 0 Å². The molecule has 0 saturated heterocycles. The average Bonchev–Trinajstić information content (AvgIpc) is 3.33. The average molecular weight is 484 g/mol. The Morgan fingerprint density at radius 1 is 0.829 bits per heavy atom. The molecule has 0 aliphatic heterocycles. The van der Waals surface area contributed by atoms with Gasteiger partial charge in [-0.15, -0.1) is 0 Å². The molecule has 1 heterocycles. The number of benzene rings is 4. The third-order valence-electron chi connectivity index (χ3n) is 5.58. The van der Waals surface area contributed by atoms with Crippen molar-refractivity contribution in [3.63, 3.8) is 0 Å². The van der Waals surface area contributed by atoms with Crippen molar-refractivity contribution in [1.29, 1.82) is 0 Å². The van der Waals surface area contributed by atoms with Crippen LogP contribution in [-0.4, -0.2) is 26.4 Å². The van der Waals surface area contributed by atoms with E-state index in [1.165, 1.54) is 35.6 Å². The molecule has 0 fully saturated rings. The molecule has 0 spiro atoms. The molecule has 0 radical (unpaired) electrons. The van der Waals surface area contributed by atoms with Crippen molar-refractivity contribution in [2.45, 2.75) is 4.90 Å². The van der Waals surface area contributed by atoms with Crippen LogP contribution in [0.3, 0.4) is 0 Å². The second-order valence-electron chi connectivity index (χ2n) is 7.85. The summed E-state index contributed by atoms with van der Waals surface area (Å²) < 4.78 is 32.8. The van der Waals surface area contributed by atoms with Crippen LogP contribution in [0.15, 0.2) is 112 Å². The number of carbonyl (C=O) groups is 1. The van der Waals surface area contributed by atoms with Crippen molar-refractivity contribution in [2.24, 2.45) is 0 Å². The van der Waals surface area contributed by atoms with Crippen LogP contribution in [-0.2, 0) is 10.0 Å². The largest absolute Gasteiger partial charge is 0.436 e. The number of nitrogens with one attached hydrogen (secondary N) is 1. The Balaban J connectivity index is 1.28. The Hall–Kier alpha value is -4.43. The topological polar surface area (TPSA) is 92.5 Å². The monoisotopic (exact) mass is 483 g/mol. The van der Waals surface area contributed by atoms with Gasteiger partial charge in [-0.25, -0.2) is 13.4 Å². The first-order valence-corrected chi connectivity index (χ1v) is 12.3. The highest BCUT2D eigenvalue weighted by atomic mass is 32.2. The minimum Gasteiger partial charge on any atom is -0.436 e. The van der Waals surface area contributed by atoms with E-state index in [-0.39, 0.29) is 10.8 Å². The standard InChI is InChI=1S/C27H21N3O4S/c1-30(22-7-3-2-4-8-22)35(32,33)23-17-13-19(14-18-23)26(31)28-21-15-11-20(12-16-21)27-29-24-9-5-6-10-25(24)34-27/h2-18H,1H3,(H,28,31). The van der Waals surface area contributed by atoms with Gasteiger partial charge in [0.25, 0.3) is 15.9 Å². The van der Waals surface area contributed by atoms with Gasteiger partial charge in [0, 0.05) is 23.9 Å². The SMILES string of the molecule is CN(c1ccccc1)S(=O)(=O)c1ccc(C(=O)Nc2ccc(-c3nc4ccccc4o3)cc2)cc1. The molecule has 1 N–H and O–H groups in total. The summed E-state index contributed by atoms with van der Waals surface area (Å²) in [6.07, 6.45) is 0. The lowest BCUT2D eigenvalue weighted by Crippen LogP contribution is -2.26. The number of aromatic nitrogens is 1. The van der Waals surface area contributed by atoms with Gasteiger partial charge in [0.1, 0.15) is 5.52 Å². The van der Waals surface area contributed by atoms with Crippen molar-refractivity contribution in [2.75, 3.05) is 16.7 Å². The van der Waals surface area contributed by atoms with Crippen LogP contribution in [0.25, 0.3) is 22.6 Å². The van der Waals surface area contributed by atoms with Crippen LogP contribution in [0.5, 0.6) is 0 Å². The number of rotatable bonds is 6. The molecule has 5 rings (SSSR count). The fourth-order valence-corrected chi connectivity index (χ4v) is 4.80. The lowest BCUT2D eigenvalue weighted by atomic mass is 10.2. The van der Waals surface area contributed by atoms with Crippen LogP contribution >= 0.6 is 0 Å². The van der Waals surface area contributed by atoms with Gasteiger partial charge in [0.05, 0.1) is 10.6 Å². The summed E-state index contributed by atoms with van der Waals surface area (Å²) in [5, 5.41) is 2.82. The number of oxazole rings is 1. The van der Waals surface area contributed by atoms with Gasteiger partial charge >= 0.3 is 0 Å². The van der Waals surface area contributed by atoms with Crippen LogP contribution in [0, 0.1) is 0 Å². The number of hydrogen-bond donors (Lipinski definition) is 1. The van der Waals surface area contributed by atoms with Gasteiger partial charge in [-0.05, 0) is 72.8 Å². The van der Waals surface area contributed by atoms with Crippen LogP contribution in [0.1, 0.15) is 10.4 Å². The third kappa shape index (κ3) is 4.51. The number of fused-ring (bicyclic) bond motifs is 1. The van der Waals surface area contributed by atoms with Gasteiger partial charge in [-0.1, -0.05) is 30.3 Å². The van der Waals surface area contributed by atoms with Crippen molar-refractivity contribution >= 4 is 38.4 Å². The molecule has 0 unspecified atom stereocenters. The maximum atomic E-state index is 12.9. The first kappa shape index (κ1) is 22.4. The summed E-state index contributed by atoms with van der Waals surface area (Å²) >= 11 is 0. The van der Waals surface area contributed by atoms with E-state index in [1.54, 1.807) is 36.4 Å². The van der Waals surface area contributed by atoms with E-state index in [9.17, 15) is 13.2 Å². The molecule has 8 heteroatoms. The Morgan fingerprint density at radius 3 is 2.17 bits per heavy atom. The first-order valence-electron chi connectivity index (χ1n) is 10.8. The van der Waals surface area contributed by atoms with Gasteiger partial charge in [0.15, 0.2) is 5.58 Å². The lowest BCUT2D eigenvalue weighted by Gasteiger charge is -2.19. The van der Waals surface area contributed by atoms with Crippen molar-refractivity contribution < 1.29 is 17.6 Å². The zero-order valence-corrected chi connectivity index (χ0v) is 19.6. The second kappa shape index (κ2) is 9.08. The number of anilines is 2. The van der Waals surface area contributed by atoms with Gasteiger partial charge in [0.2, 0.25) is 5.89 Å². The van der Waals surface area contributed by atoms with E-state index < -0.39 is 10.0 Å². The van der Waals surface area contributed by atoms with E-state index in [1.807, 2.05) is 42.5 Å². The fourth-order valence-electron chi connectivity index (χ4n) is 3.61. The highest BCUT2D eigenvalue weighted by Crippen LogP contribution is 2.26. The molecular formula is C27H21N3O4S. The number of nitrogens with zero attached hydrogens (tertiary/aromatic N) is 2. The summed E-state index contributed by atoms with van der Waals surface area (Å²) in [6.45, 7) is 0. The van der Waals surface area contributed by atoms with Crippen LogP contribution < -0.4 is 9.62 Å². The highest BCUT2D eigenvalue weighted by molar-refractivity contribution is 7.92. The molecule has 5 aromatic rings. The number of carbonyl (C=O) groups excluding carboxylic acids is 1. The lowest BCUT2D eigenvalue weighted by molar-refractivity contribution is 0.102. The summed E-state index contributed by atoms with van der Waals surface area (Å²) in [5.41, 5.74) is 3.76.